The van der Waals surface area contributed by atoms with Crippen LogP contribution in [-0.2, 0) is 11.3 Å². The van der Waals surface area contributed by atoms with Gasteiger partial charge in [-0.15, -0.1) is 0 Å². The topological polar surface area (TPSA) is 72.9 Å². The normalized spacial score (nSPS) is 12.6. The van der Waals surface area contributed by atoms with Crippen molar-refractivity contribution in [3.8, 4) is 0 Å². The average Bonchev–Trinajstić information content (AvgIpc) is 2.77. The lowest BCUT2D eigenvalue weighted by Gasteiger charge is -2.08. The second kappa shape index (κ2) is 5.64. The Hall–Kier alpha value is -1.88. The highest BCUT2D eigenvalue weighted by atomic mass is 16.2. The summed E-state index contributed by atoms with van der Waals surface area (Å²) >= 11 is 0. The maximum absolute atomic E-state index is 11.3. The minimum absolute atomic E-state index is 0.106. The Kier molecular flexibility index (Phi) is 3.94. The van der Waals surface area contributed by atoms with Gasteiger partial charge in [-0.25, -0.2) is 4.98 Å². The lowest BCUT2D eigenvalue weighted by molar-refractivity contribution is -0.121. The van der Waals surface area contributed by atoms with Gasteiger partial charge in [-0.2, -0.15) is 0 Å². The molecule has 2 aromatic rings. The van der Waals surface area contributed by atoms with Crippen LogP contribution in [0.4, 0.5) is 0 Å². The highest BCUT2D eigenvalue weighted by molar-refractivity contribution is 5.80. The third-order valence-corrected chi connectivity index (χ3v) is 2.82. The lowest BCUT2D eigenvalue weighted by atomic mass is 10.3. The zero-order valence-electron chi connectivity index (χ0n) is 10.5. The van der Waals surface area contributed by atoms with E-state index in [0.717, 1.165) is 24.0 Å². The molecule has 0 bridgehead atoms. The van der Waals surface area contributed by atoms with E-state index < -0.39 is 6.04 Å². The summed E-state index contributed by atoms with van der Waals surface area (Å²) < 4.78 is 2.09. The number of rotatable bonds is 5. The highest BCUT2D eigenvalue weighted by Gasteiger charge is 2.05. The molecule has 0 saturated heterocycles. The van der Waals surface area contributed by atoms with Gasteiger partial charge in [0.2, 0.25) is 5.91 Å². The fourth-order valence-corrected chi connectivity index (χ4v) is 1.81. The number of aromatic nitrogens is 2. The number of amides is 1. The first-order valence-corrected chi connectivity index (χ1v) is 6.11. The van der Waals surface area contributed by atoms with Gasteiger partial charge in [0.1, 0.15) is 0 Å². The number of carbonyl (C=O) groups is 1. The molecule has 0 aliphatic carbocycles. The molecule has 0 aliphatic rings. The molecule has 5 heteroatoms. The molecule has 18 heavy (non-hydrogen) atoms. The van der Waals surface area contributed by atoms with E-state index in [1.165, 1.54) is 0 Å². The van der Waals surface area contributed by atoms with E-state index in [1.807, 2.05) is 30.6 Å². The Labute approximate surface area is 106 Å². The summed E-state index contributed by atoms with van der Waals surface area (Å²) in [7, 11) is 0. The molecule has 5 nitrogen and oxygen atoms in total. The number of aryl methyl sites for hydroxylation is 1. The van der Waals surface area contributed by atoms with Crippen molar-refractivity contribution in [2.24, 2.45) is 5.73 Å². The van der Waals surface area contributed by atoms with E-state index in [2.05, 4.69) is 14.9 Å². The molecule has 96 valence electrons. The van der Waals surface area contributed by atoms with Gasteiger partial charge >= 0.3 is 0 Å². The lowest BCUT2D eigenvalue weighted by Crippen LogP contribution is -2.38. The van der Waals surface area contributed by atoms with Gasteiger partial charge in [0.15, 0.2) is 0 Å². The number of para-hydroxylation sites is 2. The van der Waals surface area contributed by atoms with E-state index in [-0.39, 0.29) is 5.91 Å². The average molecular weight is 246 g/mol. The van der Waals surface area contributed by atoms with Crippen LogP contribution in [0.5, 0.6) is 0 Å². The summed E-state index contributed by atoms with van der Waals surface area (Å²) in [5.41, 5.74) is 7.58. The van der Waals surface area contributed by atoms with E-state index in [0.29, 0.717) is 6.54 Å². The SMILES string of the molecule is C[C@H](N)C(=O)NCCCn1cnc2ccccc21. The first kappa shape index (κ1) is 12.6. The van der Waals surface area contributed by atoms with E-state index >= 15 is 0 Å². The number of fused-ring (bicyclic) bond motifs is 1. The number of nitrogens with zero attached hydrogens (tertiary/aromatic N) is 2. The Morgan fingerprint density at radius 3 is 3.06 bits per heavy atom. The molecule has 0 saturated carbocycles. The van der Waals surface area contributed by atoms with Crippen molar-refractivity contribution in [2.75, 3.05) is 6.54 Å². The first-order chi connectivity index (χ1) is 8.68. The Morgan fingerprint density at radius 2 is 2.28 bits per heavy atom. The summed E-state index contributed by atoms with van der Waals surface area (Å²) in [5, 5.41) is 2.79. The van der Waals surface area contributed by atoms with Crippen LogP contribution in [0.3, 0.4) is 0 Å². The number of hydrogen-bond acceptors (Lipinski definition) is 3. The van der Waals surface area contributed by atoms with Crippen molar-refractivity contribution < 1.29 is 4.79 Å². The summed E-state index contributed by atoms with van der Waals surface area (Å²) in [6.45, 7) is 3.14. The second-order valence-electron chi connectivity index (χ2n) is 4.36. The third kappa shape index (κ3) is 2.87. The van der Waals surface area contributed by atoms with Gasteiger partial charge in [0.25, 0.3) is 0 Å². The summed E-state index contributed by atoms with van der Waals surface area (Å²) in [6, 6.07) is 7.56. The number of nitrogens with two attached hydrogens (primary N) is 1. The Bertz CT molecular complexity index is 533. The maximum Gasteiger partial charge on any atom is 0.236 e. The van der Waals surface area contributed by atoms with Crippen LogP contribution in [0.1, 0.15) is 13.3 Å². The first-order valence-electron chi connectivity index (χ1n) is 6.11. The zero-order chi connectivity index (χ0) is 13.0. The number of nitrogens with one attached hydrogen (secondary N) is 1. The van der Waals surface area contributed by atoms with Crippen LogP contribution in [0.2, 0.25) is 0 Å². The van der Waals surface area contributed by atoms with Crippen molar-refractivity contribution in [2.45, 2.75) is 25.9 Å². The second-order valence-corrected chi connectivity index (χ2v) is 4.36. The third-order valence-electron chi connectivity index (χ3n) is 2.82. The fourth-order valence-electron chi connectivity index (χ4n) is 1.81. The predicted octanol–water partition coefficient (Wildman–Crippen LogP) is 0.890. The van der Waals surface area contributed by atoms with Gasteiger partial charge in [0.05, 0.1) is 23.4 Å². The monoisotopic (exact) mass is 246 g/mol. The molecule has 1 aromatic heterocycles. The molecule has 0 unspecified atom stereocenters. The standard InChI is InChI=1S/C13H18N4O/c1-10(14)13(18)15-7-4-8-17-9-16-11-5-2-3-6-12(11)17/h2-3,5-6,9-10H,4,7-8,14H2,1H3,(H,15,18)/t10-/m0/s1. The molecule has 1 heterocycles. The van der Waals surface area contributed by atoms with Crippen LogP contribution in [0.15, 0.2) is 30.6 Å². The molecule has 3 N–H and O–H groups in total. The largest absolute Gasteiger partial charge is 0.355 e. The predicted molar refractivity (Wildman–Crippen MR) is 71.0 cm³/mol. The van der Waals surface area contributed by atoms with Gasteiger partial charge in [-0.1, -0.05) is 12.1 Å². The summed E-state index contributed by atoms with van der Waals surface area (Å²) in [4.78, 5) is 15.6. The molecule has 0 fully saturated rings. The van der Waals surface area contributed by atoms with Gasteiger partial charge in [0, 0.05) is 13.1 Å². The molecular weight excluding hydrogens is 228 g/mol. The molecule has 0 radical (unpaired) electrons. The Morgan fingerprint density at radius 1 is 1.50 bits per heavy atom. The van der Waals surface area contributed by atoms with Crippen LogP contribution in [-0.4, -0.2) is 28.0 Å². The van der Waals surface area contributed by atoms with E-state index in [4.69, 9.17) is 5.73 Å². The van der Waals surface area contributed by atoms with Crippen molar-refractivity contribution in [1.82, 2.24) is 14.9 Å². The van der Waals surface area contributed by atoms with Crippen LogP contribution in [0.25, 0.3) is 11.0 Å². The van der Waals surface area contributed by atoms with Crippen molar-refractivity contribution in [3.05, 3.63) is 30.6 Å². The summed E-state index contributed by atoms with van der Waals surface area (Å²) in [6.07, 6.45) is 2.69. The number of carbonyl (C=O) groups excluding carboxylic acids is 1. The maximum atomic E-state index is 11.3. The molecule has 2 rings (SSSR count). The quantitative estimate of drug-likeness (QED) is 0.769. The highest BCUT2D eigenvalue weighted by Crippen LogP contribution is 2.11. The van der Waals surface area contributed by atoms with Crippen molar-refractivity contribution >= 4 is 16.9 Å². The Balaban J connectivity index is 1.85. The zero-order valence-corrected chi connectivity index (χ0v) is 10.5. The number of benzene rings is 1. The molecule has 1 amide bonds. The molecule has 0 spiro atoms. The minimum atomic E-state index is -0.445. The van der Waals surface area contributed by atoms with Gasteiger partial charge < -0.3 is 15.6 Å². The summed E-state index contributed by atoms with van der Waals surface area (Å²) in [5.74, 6) is -0.106. The fraction of sp³-hybridized carbons (Fsp3) is 0.385. The number of imidazole rings is 1. The minimum Gasteiger partial charge on any atom is -0.355 e. The van der Waals surface area contributed by atoms with E-state index in [9.17, 15) is 4.79 Å². The molecule has 1 aromatic carbocycles. The molecule has 0 aliphatic heterocycles. The van der Waals surface area contributed by atoms with Crippen LogP contribution < -0.4 is 11.1 Å². The number of hydrogen-bond donors (Lipinski definition) is 2. The van der Waals surface area contributed by atoms with Crippen molar-refractivity contribution in [3.63, 3.8) is 0 Å². The van der Waals surface area contributed by atoms with Gasteiger partial charge in [-0.3, -0.25) is 4.79 Å². The van der Waals surface area contributed by atoms with Crippen LogP contribution in [0, 0.1) is 0 Å². The van der Waals surface area contributed by atoms with E-state index in [1.54, 1.807) is 6.92 Å². The molecule has 1 atom stereocenters. The van der Waals surface area contributed by atoms with Crippen molar-refractivity contribution in [1.29, 1.82) is 0 Å². The molecular formula is C13H18N4O. The smallest absolute Gasteiger partial charge is 0.236 e. The van der Waals surface area contributed by atoms with Gasteiger partial charge in [-0.05, 0) is 25.5 Å². The van der Waals surface area contributed by atoms with Crippen LogP contribution >= 0.6 is 0 Å².